The van der Waals surface area contributed by atoms with Crippen molar-refractivity contribution in [3.63, 3.8) is 0 Å². The third-order valence-corrected chi connectivity index (χ3v) is 3.00. The molecule has 0 atom stereocenters. The minimum absolute atomic E-state index is 0.167. The molecule has 0 saturated carbocycles. The molecule has 0 aliphatic heterocycles. The molecule has 0 amide bonds. The van der Waals surface area contributed by atoms with Gasteiger partial charge >= 0.3 is 6.16 Å². The number of carbonyl (C=O) groups is 1. The zero-order valence-corrected chi connectivity index (χ0v) is 12.5. The molecule has 0 radical (unpaired) electrons. The van der Waals surface area contributed by atoms with Gasteiger partial charge in [-0.1, -0.05) is 20.8 Å². The van der Waals surface area contributed by atoms with E-state index in [4.69, 9.17) is 19.6 Å². The van der Waals surface area contributed by atoms with Crippen molar-refractivity contribution in [3.05, 3.63) is 0 Å². The lowest BCUT2D eigenvalue weighted by Crippen LogP contribution is -2.50. The van der Waals surface area contributed by atoms with Gasteiger partial charge in [-0.2, -0.15) is 0 Å². The summed E-state index contributed by atoms with van der Waals surface area (Å²) in [6, 6.07) is 0. The average Bonchev–Trinajstić information content (AvgIpc) is 2.08. The Labute approximate surface area is 109 Å². The number of carboxylic acid groups (broad SMARTS) is 1. The third kappa shape index (κ3) is 6.21. The van der Waals surface area contributed by atoms with Gasteiger partial charge in [-0.25, -0.2) is 14.6 Å². The lowest BCUT2D eigenvalue weighted by molar-refractivity contribution is -0.382. The Morgan fingerprint density at radius 2 is 1.50 bits per heavy atom. The van der Waals surface area contributed by atoms with E-state index in [1.807, 2.05) is 0 Å². The Hall–Kier alpha value is -0.810. The Balaban J connectivity index is 4.26. The largest absolute Gasteiger partial charge is 0.506 e. The van der Waals surface area contributed by atoms with E-state index in [2.05, 4.69) is 20.8 Å². The van der Waals surface area contributed by atoms with Crippen molar-refractivity contribution < 1.29 is 24.4 Å². The lowest BCUT2D eigenvalue weighted by Gasteiger charge is -2.38. The second-order valence-corrected chi connectivity index (χ2v) is 6.60. The van der Waals surface area contributed by atoms with Crippen molar-refractivity contribution in [2.75, 3.05) is 6.61 Å². The van der Waals surface area contributed by atoms with E-state index < -0.39 is 17.4 Å². The van der Waals surface area contributed by atoms with E-state index in [1.54, 1.807) is 27.7 Å². The Bertz CT molecular complexity index is 276. The van der Waals surface area contributed by atoms with E-state index in [1.165, 1.54) is 0 Å². The minimum atomic E-state index is -1.33. The molecule has 0 aliphatic carbocycles. The first-order valence-corrected chi connectivity index (χ1v) is 6.10. The predicted molar refractivity (Wildman–Crippen MR) is 68.4 cm³/mol. The molecule has 0 heterocycles. The summed E-state index contributed by atoms with van der Waals surface area (Å²) in [5.41, 5.74) is -1.70. The maximum atomic E-state index is 10.6. The van der Waals surface area contributed by atoms with Crippen molar-refractivity contribution in [2.24, 2.45) is 5.41 Å². The molecule has 0 aromatic rings. The van der Waals surface area contributed by atoms with E-state index in [0.717, 1.165) is 6.42 Å². The molecule has 0 unspecified atom stereocenters. The van der Waals surface area contributed by atoms with E-state index >= 15 is 0 Å². The maximum Gasteiger partial charge on any atom is 0.506 e. The van der Waals surface area contributed by atoms with Crippen LogP contribution in [0, 0.1) is 5.41 Å². The zero-order valence-electron chi connectivity index (χ0n) is 12.5. The van der Waals surface area contributed by atoms with Crippen LogP contribution in [0.3, 0.4) is 0 Å². The first-order valence-electron chi connectivity index (χ1n) is 6.10. The van der Waals surface area contributed by atoms with Gasteiger partial charge in [0, 0.05) is 0 Å². The van der Waals surface area contributed by atoms with Gasteiger partial charge in [-0.3, -0.25) is 0 Å². The summed E-state index contributed by atoms with van der Waals surface area (Å²) in [5.74, 6) is 0. The molecular weight excluding hydrogens is 236 g/mol. The molecule has 0 aromatic carbocycles. The monoisotopic (exact) mass is 262 g/mol. The standard InChI is InChI=1S/C13H26O5/c1-11(2,3)8-9-16-18-13(6,7)12(4,5)17-10(14)15/h8-9H2,1-7H3,(H,14,15). The van der Waals surface area contributed by atoms with Crippen molar-refractivity contribution in [2.45, 2.75) is 66.1 Å². The zero-order chi connectivity index (χ0) is 14.6. The molecule has 0 rings (SSSR count). The van der Waals surface area contributed by atoms with Crippen LogP contribution in [0.5, 0.6) is 0 Å². The summed E-state index contributed by atoms with van der Waals surface area (Å²) >= 11 is 0. The fraction of sp³-hybridized carbons (Fsp3) is 0.923. The highest BCUT2D eigenvalue weighted by atomic mass is 17.2. The second-order valence-electron chi connectivity index (χ2n) is 6.60. The van der Waals surface area contributed by atoms with Gasteiger partial charge in [0.1, 0.15) is 11.2 Å². The number of hydrogen-bond donors (Lipinski definition) is 1. The summed E-state index contributed by atoms with van der Waals surface area (Å²) in [4.78, 5) is 21.1. The molecule has 1 N–H and O–H groups in total. The van der Waals surface area contributed by atoms with Crippen LogP contribution < -0.4 is 0 Å². The lowest BCUT2D eigenvalue weighted by atomic mass is 9.89. The summed E-state index contributed by atoms with van der Waals surface area (Å²) in [6.07, 6.45) is -0.477. The normalized spacial score (nSPS) is 13.5. The number of ether oxygens (including phenoxy) is 1. The number of hydrogen-bond acceptors (Lipinski definition) is 4. The van der Waals surface area contributed by atoms with Crippen LogP contribution in [0.25, 0.3) is 0 Å². The van der Waals surface area contributed by atoms with Gasteiger partial charge in [0.05, 0.1) is 6.61 Å². The topological polar surface area (TPSA) is 65.0 Å². The molecule has 0 aromatic heterocycles. The smallest absolute Gasteiger partial charge is 0.450 e. The maximum absolute atomic E-state index is 10.6. The third-order valence-electron chi connectivity index (χ3n) is 3.00. The second kappa shape index (κ2) is 5.89. The summed E-state index contributed by atoms with van der Waals surface area (Å²) < 4.78 is 4.81. The van der Waals surface area contributed by atoms with Crippen molar-refractivity contribution in [1.29, 1.82) is 0 Å². The molecule has 18 heavy (non-hydrogen) atoms. The van der Waals surface area contributed by atoms with E-state index in [9.17, 15) is 4.79 Å². The fourth-order valence-corrected chi connectivity index (χ4v) is 0.978. The summed E-state index contributed by atoms with van der Waals surface area (Å²) in [5, 5.41) is 8.67. The van der Waals surface area contributed by atoms with Gasteiger partial charge in [0.2, 0.25) is 0 Å². The van der Waals surface area contributed by atoms with Gasteiger partial charge in [0.25, 0.3) is 0 Å². The average molecular weight is 262 g/mol. The van der Waals surface area contributed by atoms with Gasteiger partial charge in [0.15, 0.2) is 0 Å². The molecule has 0 aliphatic rings. The van der Waals surface area contributed by atoms with Crippen LogP contribution >= 0.6 is 0 Å². The highest BCUT2D eigenvalue weighted by molar-refractivity contribution is 5.57. The van der Waals surface area contributed by atoms with Gasteiger partial charge in [-0.05, 0) is 39.5 Å². The van der Waals surface area contributed by atoms with E-state index in [0.29, 0.717) is 6.61 Å². The van der Waals surface area contributed by atoms with Crippen LogP contribution in [0.15, 0.2) is 0 Å². The molecule has 5 nitrogen and oxygen atoms in total. The molecular formula is C13H26O5. The summed E-state index contributed by atoms with van der Waals surface area (Å²) in [7, 11) is 0. The highest BCUT2D eigenvalue weighted by Crippen LogP contribution is 2.29. The van der Waals surface area contributed by atoms with Crippen LogP contribution in [-0.2, 0) is 14.5 Å². The molecule has 108 valence electrons. The SMILES string of the molecule is CC(C)(C)CCOOC(C)(C)C(C)(C)OC(=O)O. The van der Waals surface area contributed by atoms with Crippen LogP contribution in [0.1, 0.15) is 54.9 Å². The van der Waals surface area contributed by atoms with Gasteiger partial charge < -0.3 is 9.84 Å². The Morgan fingerprint density at radius 3 is 1.89 bits per heavy atom. The van der Waals surface area contributed by atoms with Crippen molar-refractivity contribution in [1.82, 2.24) is 0 Å². The van der Waals surface area contributed by atoms with Crippen LogP contribution in [-0.4, -0.2) is 29.1 Å². The fourth-order valence-electron chi connectivity index (χ4n) is 0.978. The predicted octanol–water partition coefficient (Wildman–Crippen LogP) is 3.62. The van der Waals surface area contributed by atoms with Gasteiger partial charge in [-0.15, -0.1) is 0 Å². The van der Waals surface area contributed by atoms with Crippen LogP contribution in [0.4, 0.5) is 4.79 Å². The van der Waals surface area contributed by atoms with Crippen molar-refractivity contribution in [3.8, 4) is 0 Å². The Morgan fingerprint density at radius 1 is 1.00 bits per heavy atom. The molecule has 0 bridgehead atoms. The van der Waals surface area contributed by atoms with Crippen molar-refractivity contribution >= 4 is 6.16 Å². The minimum Gasteiger partial charge on any atom is -0.450 e. The molecule has 0 spiro atoms. The quantitative estimate of drug-likeness (QED) is 0.343. The first kappa shape index (κ1) is 17.2. The molecule has 0 saturated heterocycles. The first-order chi connectivity index (χ1) is 7.87. The highest BCUT2D eigenvalue weighted by Gasteiger charge is 2.43. The summed E-state index contributed by atoms with van der Waals surface area (Å²) in [6.45, 7) is 13.5. The van der Waals surface area contributed by atoms with E-state index in [-0.39, 0.29) is 5.41 Å². The molecule has 5 heteroatoms. The Kier molecular flexibility index (Phi) is 5.62. The molecule has 0 fully saturated rings. The number of rotatable bonds is 6. The van der Waals surface area contributed by atoms with Crippen LogP contribution in [0.2, 0.25) is 0 Å².